The number of pyridine rings is 1. The Morgan fingerprint density at radius 2 is 2.20 bits per heavy atom. The second kappa shape index (κ2) is 4.98. The summed E-state index contributed by atoms with van der Waals surface area (Å²) < 4.78 is 24.9. The SMILES string of the molecule is O=C(O)c1cc(CBr)c(C(F)F)nc1Br. The third kappa shape index (κ3) is 2.72. The number of nitrogens with zero attached hydrogens (tertiary/aromatic N) is 1. The molecule has 1 N–H and O–H groups in total. The molecule has 0 spiro atoms. The third-order valence-corrected chi connectivity index (χ3v) is 2.88. The highest BCUT2D eigenvalue weighted by Crippen LogP contribution is 2.27. The summed E-state index contributed by atoms with van der Waals surface area (Å²) in [4.78, 5) is 14.2. The first-order valence-electron chi connectivity index (χ1n) is 3.74. The van der Waals surface area contributed by atoms with Crippen LogP contribution in [0.3, 0.4) is 0 Å². The summed E-state index contributed by atoms with van der Waals surface area (Å²) in [5.41, 5.74) is -0.372. The molecule has 0 aliphatic carbocycles. The van der Waals surface area contributed by atoms with Crippen molar-refractivity contribution in [3.05, 3.63) is 27.5 Å². The van der Waals surface area contributed by atoms with Gasteiger partial charge in [-0.3, -0.25) is 0 Å². The van der Waals surface area contributed by atoms with E-state index >= 15 is 0 Å². The van der Waals surface area contributed by atoms with Gasteiger partial charge in [0.1, 0.15) is 10.3 Å². The van der Waals surface area contributed by atoms with Crippen molar-refractivity contribution in [2.75, 3.05) is 0 Å². The molecule has 0 bridgehead atoms. The Hall–Kier alpha value is -0.560. The summed E-state index contributed by atoms with van der Waals surface area (Å²) in [7, 11) is 0. The van der Waals surface area contributed by atoms with Gasteiger partial charge >= 0.3 is 5.97 Å². The molecule has 3 nitrogen and oxygen atoms in total. The number of hydrogen-bond donors (Lipinski definition) is 1. The second-order valence-corrected chi connectivity index (χ2v) is 3.92. The zero-order chi connectivity index (χ0) is 11.6. The fourth-order valence-corrected chi connectivity index (χ4v) is 1.92. The summed E-state index contributed by atoms with van der Waals surface area (Å²) in [6.07, 6.45) is -2.73. The number of rotatable bonds is 3. The lowest BCUT2D eigenvalue weighted by molar-refractivity contribution is 0.0694. The Balaban J connectivity index is 3.35. The van der Waals surface area contributed by atoms with Crippen molar-refractivity contribution in [1.29, 1.82) is 0 Å². The van der Waals surface area contributed by atoms with Gasteiger partial charge in [0.25, 0.3) is 6.43 Å². The molecule has 0 amide bonds. The van der Waals surface area contributed by atoms with E-state index in [0.29, 0.717) is 0 Å². The molecule has 0 radical (unpaired) electrons. The fraction of sp³-hybridized carbons (Fsp3) is 0.250. The molecule has 0 fully saturated rings. The molecule has 1 aromatic rings. The standard InChI is InChI=1S/C8H5Br2F2NO2/c9-2-3-1-4(8(14)15)6(10)13-5(3)7(11)12/h1,7H,2H2,(H,14,15). The van der Waals surface area contributed by atoms with Crippen molar-refractivity contribution < 1.29 is 18.7 Å². The number of aromatic nitrogens is 1. The third-order valence-electron chi connectivity index (χ3n) is 1.67. The minimum absolute atomic E-state index is 0.0880. The fourth-order valence-electron chi connectivity index (χ4n) is 0.991. The van der Waals surface area contributed by atoms with E-state index < -0.39 is 18.1 Å². The van der Waals surface area contributed by atoms with Crippen LogP contribution in [0.5, 0.6) is 0 Å². The van der Waals surface area contributed by atoms with Gasteiger partial charge in [0, 0.05) is 5.33 Å². The Morgan fingerprint density at radius 3 is 2.60 bits per heavy atom. The smallest absolute Gasteiger partial charge is 0.338 e. The van der Waals surface area contributed by atoms with Crippen molar-refractivity contribution >= 4 is 37.8 Å². The first-order valence-corrected chi connectivity index (χ1v) is 5.65. The van der Waals surface area contributed by atoms with Crippen molar-refractivity contribution in [2.45, 2.75) is 11.8 Å². The van der Waals surface area contributed by atoms with Gasteiger partial charge < -0.3 is 5.11 Å². The highest BCUT2D eigenvalue weighted by molar-refractivity contribution is 9.10. The van der Waals surface area contributed by atoms with Crippen LogP contribution >= 0.6 is 31.9 Å². The van der Waals surface area contributed by atoms with Gasteiger partial charge in [-0.25, -0.2) is 18.6 Å². The maximum atomic E-state index is 12.5. The summed E-state index contributed by atoms with van der Waals surface area (Å²) in [5.74, 6) is -1.21. The monoisotopic (exact) mass is 343 g/mol. The molecule has 15 heavy (non-hydrogen) atoms. The molecular formula is C8H5Br2F2NO2. The van der Waals surface area contributed by atoms with Crippen molar-refractivity contribution in [3.63, 3.8) is 0 Å². The van der Waals surface area contributed by atoms with Crippen LogP contribution in [0.1, 0.15) is 28.0 Å². The van der Waals surface area contributed by atoms with E-state index in [9.17, 15) is 13.6 Å². The van der Waals surface area contributed by atoms with E-state index in [-0.39, 0.29) is 21.1 Å². The molecule has 0 aliphatic rings. The van der Waals surface area contributed by atoms with Crippen LogP contribution in [0.25, 0.3) is 0 Å². The van der Waals surface area contributed by atoms with Gasteiger partial charge in [0.2, 0.25) is 0 Å². The average Bonchev–Trinajstić information content (AvgIpc) is 2.16. The van der Waals surface area contributed by atoms with E-state index in [1.165, 1.54) is 6.07 Å². The lowest BCUT2D eigenvalue weighted by Crippen LogP contribution is -2.05. The predicted molar refractivity (Wildman–Crippen MR) is 56.5 cm³/mol. The molecule has 1 rings (SSSR count). The van der Waals surface area contributed by atoms with Gasteiger partial charge in [-0.05, 0) is 27.6 Å². The Kier molecular flexibility index (Phi) is 4.15. The number of carbonyl (C=O) groups is 1. The minimum Gasteiger partial charge on any atom is -0.478 e. The topological polar surface area (TPSA) is 50.2 Å². The summed E-state index contributed by atoms with van der Waals surface area (Å²) in [6.45, 7) is 0. The van der Waals surface area contributed by atoms with E-state index in [1.54, 1.807) is 0 Å². The van der Waals surface area contributed by atoms with Gasteiger partial charge in [0.15, 0.2) is 0 Å². The molecule has 0 aliphatic heterocycles. The molecule has 0 atom stereocenters. The summed E-state index contributed by atoms with van der Waals surface area (Å²) in [6, 6.07) is 1.18. The van der Waals surface area contributed by atoms with E-state index in [4.69, 9.17) is 5.11 Å². The van der Waals surface area contributed by atoms with Gasteiger partial charge in [-0.15, -0.1) is 0 Å². The maximum Gasteiger partial charge on any atom is 0.338 e. The lowest BCUT2D eigenvalue weighted by atomic mass is 10.1. The summed E-state index contributed by atoms with van der Waals surface area (Å²) >= 11 is 5.84. The van der Waals surface area contributed by atoms with Crippen LogP contribution < -0.4 is 0 Å². The summed E-state index contributed by atoms with van der Waals surface area (Å²) in [5, 5.41) is 8.87. The van der Waals surface area contributed by atoms with E-state index in [1.807, 2.05) is 0 Å². The van der Waals surface area contributed by atoms with Gasteiger partial charge in [-0.2, -0.15) is 0 Å². The highest BCUT2D eigenvalue weighted by Gasteiger charge is 2.19. The number of alkyl halides is 3. The molecule has 1 aromatic heterocycles. The van der Waals surface area contributed by atoms with Crippen LogP contribution in [-0.2, 0) is 5.33 Å². The normalized spacial score (nSPS) is 10.7. The Morgan fingerprint density at radius 1 is 1.60 bits per heavy atom. The molecule has 7 heteroatoms. The van der Waals surface area contributed by atoms with Crippen LogP contribution in [-0.4, -0.2) is 16.1 Å². The van der Waals surface area contributed by atoms with Crippen molar-refractivity contribution in [2.24, 2.45) is 0 Å². The minimum atomic E-state index is -2.73. The van der Waals surface area contributed by atoms with E-state index in [0.717, 1.165) is 0 Å². The van der Waals surface area contributed by atoms with Crippen LogP contribution in [0.4, 0.5) is 8.78 Å². The first kappa shape index (κ1) is 12.5. The zero-order valence-corrected chi connectivity index (χ0v) is 10.3. The molecular weight excluding hydrogens is 340 g/mol. The molecule has 0 aromatic carbocycles. The molecule has 0 saturated heterocycles. The molecule has 1 heterocycles. The van der Waals surface area contributed by atoms with E-state index in [2.05, 4.69) is 36.8 Å². The van der Waals surface area contributed by atoms with Crippen LogP contribution in [0, 0.1) is 0 Å². The molecule has 0 unspecified atom stereocenters. The maximum absolute atomic E-state index is 12.5. The number of halogens is 4. The van der Waals surface area contributed by atoms with Crippen LogP contribution in [0.2, 0.25) is 0 Å². The van der Waals surface area contributed by atoms with Gasteiger partial charge in [0.05, 0.1) is 5.56 Å². The predicted octanol–water partition coefficient (Wildman–Crippen LogP) is 3.37. The quantitative estimate of drug-likeness (QED) is 0.675. The second-order valence-electron chi connectivity index (χ2n) is 2.61. The Bertz CT molecular complexity index is 398. The first-order chi connectivity index (χ1) is 6.97. The highest BCUT2D eigenvalue weighted by atomic mass is 79.9. The molecule has 82 valence electrons. The largest absolute Gasteiger partial charge is 0.478 e. The zero-order valence-electron chi connectivity index (χ0n) is 7.18. The number of hydrogen-bond acceptors (Lipinski definition) is 2. The van der Waals surface area contributed by atoms with Crippen molar-refractivity contribution in [1.82, 2.24) is 4.98 Å². The number of aromatic carboxylic acids is 1. The number of carboxylic acids is 1. The average molecular weight is 345 g/mol. The lowest BCUT2D eigenvalue weighted by Gasteiger charge is -2.08. The van der Waals surface area contributed by atoms with Crippen LogP contribution in [0.15, 0.2) is 10.7 Å². The molecule has 0 saturated carbocycles. The Labute approximate surface area is 101 Å². The number of carboxylic acid groups (broad SMARTS) is 1. The van der Waals surface area contributed by atoms with Crippen molar-refractivity contribution in [3.8, 4) is 0 Å². The van der Waals surface area contributed by atoms with Gasteiger partial charge in [-0.1, -0.05) is 15.9 Å².